The maximum Gasteiger partial charge on any atom is 0.247 e. The number of hydrogen-bond acceptors (Lipinski definition) is 8. The fraction of sp³-hybridized carbons (Fsp3) is 0.400. The van der Waals surface area contributed by atoms with Crippen molar-refractivity contribution in [2.75, 3.05) is 19.8 Å². The smallest absolute Gasteiger partial charge is 0.247 e. The summed E-state index contributed by atoms with van der Waals surface area (Å²) in [6.07, 6.45) is 3.36. The van der Waals surface area contributed by atoms with Crippen LogP contribution in [0.15, 0.2) is 30.6 Å². The molecule has 0 saturated heterocycles. The SMILES string of the molecule is CC(=O)NCCOC1CC(COc2ncnc(Oc3nsc4ccccc34)c2Cl)C1. The Balaban J connectivity index is 1.28. The molecule has 1 fully saturated rings. The lowest BCUT2D eigenvalue weighted by molar-refractivity contribution is -0.119. The minimum absolute atomic E-state index is 0.0495. The maximum atomic E-state index is 10.8. The number of benzene rings is 1. The number of rotatable bonds is 9. The second-order valence-electron chi connectivity index (χ2n) is 7.01. The van der Waals surface area contributed by atoms with Crippen LogP contribution in [0.2, 0.25) is 5.02 Å². The van der Waals surface area contributed by atoms with Crippen molar-refractivity contribution < 1.29 is 19.0 Å². The lowest BCUT2D eigenvalue weighted by atomic mass is 9.83. The van der Waals surface area contributed by atoms with Crippen LogP contribution in [0.4, 0.5) is 0 Å². The quantitative estimate of drug-likeness (QED) is 0.497. The molecule has 4 rings (SSSR count). The van der Waals surface area contributed by atoms with Crippen molar-refractivity contribution >= 4 is 39.1 Å². The Morgan fingerprint density at radius 1 is 1.23 bits per heavy atom. The van der Waals surface area contributed by atoms with Crippen LogP contribution in [0.25, 0.3) is 10.1 Å². The molecule has 1 saturated carbocycles. The molecular weight excluding hydrogens is 428 g/mol. The Morgan fingerprint density at radius 2 is 2.03 bits per heavy atom. The lowest BCUT2D eigenvalue weighted by Crippen LogP contribution is -2.37. The molecule has 0 unspecified atom stereocenters. The third-order valence-corrected chi connectivity index (χ3v) is 5.87. The van der Waals surface area contributed by atoms with Crippen LogP contribution in [0.3, 0.4) is 0 Å². The van der Waals surface area contributed by atoms with Gasteiger partial charge in [0.1, 0.15) is 6.33 Å². The van der Waals surface area contributed by atoms with E-state index in [4.69, 9.17) is 25.8 Å². The predicted octanol–water partition coefficient (Wildman–Crippen LogP) is 3.84. The Bertz CT molecular complexity index is 1020. The lowest BCUT2D eigenvalue weighted by Gasteiger charge is -2.34. The van der Waals surface area contributed by atoms with E-state index in [1.54, 1.807) is 0 Å². The first kappa shape index (κ1) is 20.8. The van der Waals surface area contributed by atoms with Gasteiger partial charge in [-0.25, -0.2) is 4.98 Å². The van der Waals surface area contributed by atoms with E-state index >= 15 is 0 Å². The molecule has 1 N–H and O–H groups in total. The first-order chi connectivity index (χ1) is 14.6. The monoisotopic (exact) mass is 448 g/mol. The van der Waals surface area contributed by atoms with E-state index in [1.165, 1.54) is 24.8 Å². The molecule has 0 bridgehead atoms. The molecule has 0 atom stereocenters. The van der Waals surface area contributed by atoms with Crippen LogP contribution < -0.4 is 14.8 Å². The summed E-state index contributed by atoms with van der Waals surface area (Å²) >= 11 is 7.75. The van der Waals surface area contributed by atoms with Gasteiger partial charge in [-0.05, 0) is 42.4 Å². The molecule has 0 spiro atoms. The topological polar surface area (TPSA) is 95.5 Å². The van der Waals surface area contributed by atoms with Gasteiger partial charge in [0.05, 0.1) is 29.4 Å². The van der Waals surface area contributed by atoms with Crippen LogP contribution in [-0.2, 0) is 9.53 Å². The number of halogens is 1. The molecule has 10 heteroatoms. The van der Waals surface area contributed by atoms with Crippen molar-refractivity contribution in [2.24, 2.45) is 5.92 Å². The third kappa shape index (κ3) is 4.97. The number of aromatic nitrogens is 3. The minimum atomic E-state index is -0.0495. The molecule has 1 aliphatic rings. The van der Waals surface area contributed by atoms with Crippen molar-refractivity contribution in [1.82, 2.24) is 19.7 Å². The molecule has 1 amide bonds. The highest BCUT2D eigenvalue weighted by Crippen LogP contribution is 2.37. The fourth-order valence-electron chi connectivity index (χ4n) is 3.13. The summed E-state index contributed by atoms with van der Waals surface area (Å²) in [5, 5.41) is 3.83. The highest BCUT2D eigenvalue weighted by atomic mass is 35.5. The van der Waals surface area contributed by atoms with Gasteiger partial charge in [-0.3, -0.25) is 4.79 Å². The number of fused-ring (bicyclic) bond motifs is 1. The zero-order chi connectivity index (χ0) is 20.9. The van der Waals surface area contributed by atoms with Crippen molar-refractivity contribution in [3.63, 3.8) is 0 Å². The molecule has 1 aliphatic carbocycles. The van der Waals surface area contributed by atoms with Gasteiger partial charge in [-0.2, -0.15) is 9.36 Å². The summed E-state index contributed by atoms with van der Waals surface area (Å²) in [5.74, 6) is 1.28. The number of nitrogens with zero attached hydrogens (tertiary/aromatic N) is 3. The Labute approximate surface area is 182 Å². The zero-order valence-corrected chi connectivity index (χ0v) is 17.9. The molecule has 0 radical (unpaired) electrons. The normalized spacial score (nSPS) is 18.1. The van der Waals surface area contributed by atoms with E-state index in [2.05, 4.69) is 19.7 Å². The molecule has 2 heterocycles. The van der Waals surface area contributed by atoms with Crippen LogP contribution in [0.1, 0.15) is 19.8 Å². The maximum absolute atomic E-state index is 10.8. The second kappa shape index (κ2) is 9.55. The van der Waals surface area contributed by atoms with Crippen LogP contribution in [-0.4, -0.2) is 46.1 Å². The average molecular weight is 449 g/mol. The molecule has 1 aromatic carbocycles. The molecule has 158 valence electrons. The van der Waals surface area contributed by atoms with E-state index < -0.39 is 0 Å². The first-order valence-corrected chi connectivity index (χ1v) is 10.8. The number of amides is 1. The summed E-state index contributed by atoms with van der Waals surface area (Å²) in [6, 6.07) is 7.79. The number of carbonyl (C=O) groups excluding carboxylic acids is 1. The highest BCUT2D eigenvalue weighted by molar-refractivity contribution is 7.13. The van der Waals surface area contributed by atoms with Crippen LogP contribution in [0, 0.1) is 5.92 Å². The third-order valence-electron chi connectivity index (χ3n) is 4.74. The summed E-state index contributed by atoms with van der Waals surface area (Å²) < 4.78 is 22.7. The Kier molecular flexibility index (Phi) is 6.61. The summed E-state index contributed by atoms with van der Waals surface area (Å²) in [4.78, 5) is 19.1. The van der Waals surface area contributed by atoms with Crippen LogP contribution in [0.5, 0.6) is 17.6 Å². The van der Waals surface area contributed by atoms with Gasteiger partial charge >= 0.3 is 0 Å². The van der Waals surface area contributed by atoms with E-state index in [1.807, 2.05) is 24.3 Å². The van der Waals surface area contributed by atoms with Crippen molar-refractivity contribution in [3.8, 4) is 17.6 Å². The second-order valence-corrected chi connectivity index (χ2v) is 8.19. The van der Waals surface area contributed by atoms with Gasteiger partial charge in [-0.15, -0.1) is 0 Å². The number of nitrogens with one attached hydrogen (secondary N) is 1. The van der Waals surface area contributed by atoms with Crippen LogP contribution >= 0.6 is 23.1 Å². The Morgan fingerprint density at radius 3 is 2.87 bits per heavy atom. The standard InChI is InChI=1S/C20H21ClN4O4S/c1-12(26)22-6-7-27-14-8-13(9-14)10-28-19-17(21)20(24-11-23-19)29-18-15-4-2-3-5-16(15)30-25-18/h2-5,11,13-14H,6-10H2,1H3,(H,22,26). The van der Waals surface area contributed by atoms with E-state index in [0.717, 1.165) is 22.9 Å². The minimum Gasteiger partial charge on any atom is -0.476 e. The van der Waals surface area contributed by atoms with Gasteiger partial charge in [0.25, 0.3) is 0 Å². The molecule has 30 heavy (non-hydrogen) atoms. The van der Waals surface area contributed by atoms with Gasteiger partial charge < -0.3 is 19.5 Å². The van der Waals surface area contributed by atoms with Crippen molar-refractivity contribution in [3.05, 3.63) is 35.6 Å². The summed E-state index contributed by atoms with van der Waals surface area (Å²) in [6.45, 7) is 3.02. The van der Waals surface area contributed by atoms with Gasteiger partial charge in [0.2, 0.25) is 23.5 Å². The fourth-order valence-corrected chi connectivity index (χ4v) is 4.04. The summed E-state index contributed by atoms with van der Waals surface area (Å²) in [7, 11) is 0. The predicted molar refractivity (Wildman–Crippen MR) is 113 cm³/mol. The first-order valence-electron chi connectivity index (χ1n) is 9.61. The molecule has 2 aromatic heterocycles. The number of ether oxygens (including phenoxy) is 3. The number of carbonyl (C=O) groups is 1. The van der Waals surface area contributed by atoms with Crippen molar-refractivity contribution in [1.29, 1.82) is 0 Å². The molecule has 3 aromatic rings. The van der Waals surface area contributed by atoms with E-state index in [9.17, 15) is 4.79 Å². The number of hydrogen-bond donors (Lipinski definition) is 1. The highest BCUT2D eigenvalue weighted by Gasteiger charge is 2.30. The molecular formula is C20H21ClN4O4S. The van der Waals surface area contributed by atoms with Gasteiger partial charge in [-0.1, -0.05) is 23.7 Å². The van der Waals surface area contributed by atoms with Gasteiger partial charge in [0, 0.05) is 13.5 Å². The van der Waals surface area contributed by atoms with Gasteiger partial charge in [0.15, 0.2) is 5.02 Å². The zero-order valence-electron chi connectivity index (χ0n) is 16.3. The Hall–Kier alpha value is -2.49. The summed E-state index contributed by atoms with van der Waals surface area (Å²) in [5.41, 5.74) is 0. The van der Waals surface area contributed by atoms with E-state index in [0.29, 0.717) is 31.6 Å². The average Bonchev–Trinajstić information content (AvgIpc) is 3.11. The van der Waals surface area contributed by atoms with Crippen molar-refractivity contribution in [2.45, 2.75) is 25.9 Å². The van der Waals surface area contributed by atoms with E-state index in [-0.39, 0.29) is 28.8 Å². The largest absolute Gasteiger partial charge is 0.476 e. The molecule has 8 nitrogen and oxygen atoms in total. The molecule has 0 aliphatic heterocycles.